The Balaban J connectivity index is 2.40. The highest BCUT2D eigenvalue weighted by Crippen LogP contribution is 2.47. The predicted octanol–water partition coefficient (Wildman–Crippen LogP) is 6.12. The third-order valence-electron chi connectivity index (χ3n) is 6.87. The molecule has 3 rings (SSSR count). The van der Waals surface area contributed by atoms with Crippen LogP contribution in [0.25, 0.3) is 0 Å². The molecule has 0 aliphatic rings. The second kappa shape index (κ2) is 11.7. The first kappa shape index (κ1) is 28.7. The third kappa shape index (κ3) is 6.71. The molecule has 0 fully saturated rings. The van der Waals surface area contributed by atoms with Crippen molar-refractivity contribution in [3.05, 3.63) is 87.7 Å². The molecule has 0 aliphatic carbocycles. The molecule has 200 valence electrons. The molecule has 0 bridgehead atoms. The predicted molar refractivity (Wildman–Crippen MR) is 150 cm³/mol. The second-order valence-electron chi connectivity index (χ2n) is 12.0. The lowest BCUT2D eigenvalue weighted by atomic mass is 9.76. The van der Waals surface area contributed by atoms with Gasteiger partial charge in [0.2, 0.25) is 0 Å². The molecule has 5 heteroatoms. The second-order valence-corrected chi connectivity index (χ2v) is 12.0. The van der Waals surface area contributed by atoms with Gasteiger partial charge in [0.1, 0.15) is 11.5 Å². The molecule has 0 aliphatic heterocycles. The zero-order valence-electron chi connectivity index (χ0n) is 23.2. The standard InChI is InChI=1S/C32H43NO4/c1-31(2,3)25-19-21(11-9-15-34)17-23(29(25)36)28(27-13-7-8-14-33-27)24-18-22(12-10-16-35)20-26(30(24)37)32(4,5)6/h7-8,13-14,17-20,28,34-37H,9-12,15-16H2,1-6H3. The molecule has 4 N–H and O–H groups in total. The zero-order valence-corrected chi connectivity index (χ0v) is 23.2. The van der Waals surface area contributed by atoms with Crippen LogP contribution in [0.5, 0.6) is 11.5 Å². The number of hydrogen-bond acceptors (Lipinski definition) is 5. The smallest absolute Gasteiger partial charge is 0.123 e. The number of aromatic hydroxyl groups is 2. The van der Waals surface area contributed by atoms with E-state index in [1.54, 1.807) is 6.20 Å². The van der Waals surface area contributed by atoms with Gasteiger partial charge < -0.3 is 20.4 Å². The summed E-state index contributed by atoms with van der Waals surface area (Å²) >= 11 is 0. The Morgan fingerprint density at radius 3 is 1.51 bits per heavy atom. The van der Waals surface area contributed by atoms with Gasteiger partial charge in [-0.25, -0.2) is 0 Å². The van der Waals surface area contributed by atoms with Gasteiger partial charge in [0, 0.05) is 30.5 Å². The van der Waals surface area contributed by atoms with Crippen LogP contribution in [0.2, 0.25) is 0 Å². The first-order chi connectivity index (χ1) is 17.4. The third-order valence-corrected chi connectivity index (χ3v) is 6.87. The molecule has 5 nitrogen and oxygen atoms in total. The summed E-state index contributed by atoms with van der Waals surface area (Å²) in [7, 11) is 0. The average Bonchev–Trinajstić information content (AvgIpc) is 2.83. The Labute approximate surface area is 221 Å². The Kier molecular flexibility index (Phi) is 9.04. The van der Waals surface area contributed by atoms with Crippen molar-refractivity contribution in [2.24, 2.45) is 0 Å². The molecule has 3 aromatic rings. The lowest BCUT2D eigenvalue weighted by Crippen LogP contribution is -2.17. The minimum Gasteiger partial charge on any atom is -0.507 e. The van der Waals surface area contributed by atoms with Crippen molar-refractivity contribution in [3.8, 4) is 11.5 Å². The van der Waals surface area contributed by atoms with E-state index in [-0.39, 0.29) is 35.5 Å². The lowest BCUT2D eigenvalue weighted by molar-refractivity contribution is 0.288. The number of rotatable bonds is 9. The van der Waals surface area contributed by atoms with Gasteiger partial charge in [-0.05, 0) is 70.9 Å². The van der Waals surface area contributed by atoms with Crippen molar-refractivity contribution in [2.75, 3.05) is 13.2 Å². The lowest BCUT2D eigenvalue weighted by Gasteiger charge is -2.29. The minimum atomic E-state index is -0.508. The van der Waals surface area contributed by atoms with Gasteiger partial charge in [-0.1, -0.05) is 71.9 Å². The Hall–Kier alpha value is -2.89. The van der Waals surface area contributed by atoms with E-state index in [0.717, 1.165) is 27.9 Å². The summed E-state index contributed by atoms with van der Waals surface area (Å²) < 4.78 is 0. The zero-order chi connectivity index (χ0) is 27.4. The summed E-state index contributed by atoms with van der Waals surface area (Å²) in [5.74, 6) is -0.103. The SMILES string of the molecule is CC(C)(C)c1cc(CCCO)cc(C(c2ccccn2)c2cc(CCCO)cc(C(C)(C)C)c2O)c1O. The van der Waals surface area contributed by atoms with Gasteiger partial charge in [0.15, 0.2) is 0 Å². The molecule has 0 amide bonds. The number of phenols is 2. The molecule has 1 heterocycles. The van der Waals surface area contributed by atoms with E-state index < -0.39 is 5.92 Å². The number of phenolic OH excluding ortho intramolecular Hbond substituents is 2. The highest BCUT2D eigenvalue weighted by molar-refractivity contribution is 5.59. The maximum atomic E-state index is 11.7. The number of aromatic nitrogens is 1. The number of benzene rings is 2. The van der Waals surface area contributed by atoms with Crippen LogP contribution in [0, 0.1) is 0 Å². The molecule has 0 saturated heterocycles. The van der Waals surface area contributed by atoms with E-state index in [0.29, 0.717) is 36.8 Å². The molecule has 0 atom stereocenters. The van der Waals surface area contributed by atoms with E-state index >= 15 is 0 Å². The van der Waals surface area contributed by atoms with Crippen molar-refractivity contribution >= 4 is 0 Å². The summed E-state index contributed by atoms with van der Waals surface area (Å²) in [6, 6.07) is 13.8. The summed E-state index contributed by atoms with van der Waals surface area (Å²) in [6.45, 7) is 12.6. The Morgan fingerprint density at radius 1 is 0.703 bits per heavy atom. The summed E-state index contributed by atoms with van der Waals surface area (Å²) in [5, 5.41) is 42.4. The maximum absolute atomic E-state index is 11.7. The largest absolute Gasteiger partial charge is 0.507 e. The fourth-order valence-electron chi connectivity index (χ4n) is 4.91. The summed E-state index contributed by atoms with van der Waals surface area (Å²) in [4.78, 5) is 4.68. The van der Waals surface area contributed by atoms with Crippen molar-refractivity contribution in [3.63, 3.8) is 0 Å². The Morgan fingerprint density at radius 2 is 1.16 bits per heavy atom. The van der Waals surface area contributed by atoms with E-state index in [4.69, 9.17) is 0 Å². The molecular weight excluding hydrogens is 462 g/mol. The van der Waals surface area contributed by atoms with E-state index in [9.17, 15) is 20.4 Å². The normalized spacial score (nSPS) is 12.4. The summed E-state index contributed by atoms with van der Waals surface area (Å²) in [5.41, 5.74) is 5.18. The van der Waals surface area contributed by atoms with E-state index in [1.807, 2.05) is 42.5 Å². The van der Waals surface area contributed by atoms with Crippen LogP contribution in [-0.2, 0) is 23.7 Å². The topological polar surface area (TPSA) is 93.8 Å². The van der Waals surface area contributed by atoms with Gasteiger partial charge in [0.05, 0.1) is 11.6 Å². The molecule has 0 radical (unpaired) electrons. The monoisotopic (exact) mass is 505 g/mol. The van der Waals surface area contributed by atoms with E-state index in [2.05, 4.69) is 46.5 Å². The van der Waals surface area contributed by atoms with Crippen LogP contribution < -0.4 is 0 Å². The quantitative estimate of drug-likeness (QED) is 0.281. The van der Waals surface area contributed by atoms with Crippen LogP contribution >= 0.6 is 0 Å². The first-order valence-corrected chi connectivity index (χ1v) is 13.2. The molecule has 0 saturated carbocycles. The fraction of sp³-hybridized carbons (Fsp3) is 0.469. The highest BCUT2D eigenvalue weighted by Gasteiger charge is 2.31. The minimum absolute atomic E-state index is 0.0906. The van der Waals surface area contributed by atoms with Crippen LogP contribution in [0.3, 0.4) is 0 Å². The maximum Gasteiger partial charge on any atom is 0.123 e. The van der Waals surface area contributed by atoms with Gasteiger partial charge in [0.25, 0.3) is 0 Å². The number of aliphatic hydroxyl groups is 2. The number of aliphatic hydroxyl groups excluding tert-OH is 2. The Bertz CT molecular complexity index is 1110. The van der Waals surface area contributed by atoms with Gasteiger partial charge >= 0.3 is 0 Å². The van der Waals surface area contributed by atoms with Gasteiger partial charge in [-0.3, -0.25) is 4.98 Å². The molecule has 37 heavy (non-hydrogen) atoms. The molecular formula is C32H43NO4. The van der Waals surface area contributed by atoms with E-state index in [1.165, 1.54) is 0 Å². The van der Waals surface area contributed by atoms with Crippen LogP contribution in [0.15, 0.2) is 48.7 Å². The molecule has 0 unspecified atom stereocenters. The first-order valence-electron chi connectivity index (χ1n) is 13.2. The average molecular weight is 506 g/mol. The van der Waals surface area contributed by atoms with Crippen molar-refractivity contribution in [1.82, 2.24) is 4.98 Å². The fourth-order valence-corrected chi connectivity index (χ4v) is 4.91. The molecule has 1 aromatic heterocycles. The van der Waals surface area contributed by atoms with Crippen molar-refractivity contribution in [1.29, 1.82) is 0 Å². The van der Waals surface area contributed by atoms with Crippen LogP contribution in [0.1, 0.15) is 99.4 Å². The van der Waals surface area contributed by atoms with Crippen molar-refractivity contribution < 1.29 is 20.4 Å². The van der Waals surface area contributed by atoms with Crippen LogP contribution in [-0.4, -0.2) is 38.6 Å². The summed E-state index contributed by atoms with van der Waals surface area (Å²) in [6.07, 6.45) is 4.34. The van der Waals surface area contributed by atoms with Crippen LogP contribution in [0.4, 0.5) is 0 Å². The van der Waals surface area contributed by atoms with Crippen molar-refractivity contribution in [2.45, 2.75) is 84.0 Å². The molecule has 2 aromatic carbocycles. The highest BCUT2D eigenvalue weighted by atomic mass is 16.3. The number of hydrogen-bond donors (Lipinski definition) is 4. The van der Waals surface area contributed by atoms with Gasteiger partial charge in [-0.2, -0.15) is 0 Å². The molecule has 0 spiro atoms. The number of aryl methyl sites for hydroxylation is 2. The van der Waals surface area contributed by atoms with Gasteiger partial charge in [-0.15, -0.1) is 0 Å². The number of nitrogens with zero attached hydrogens (tertiary/aromatic N) is 1. The number of pyridine rings is 1.